The topological polar surface area (TPSA) is 91.4 Å². The number of nitrogens with zero attached hydrogens (tertiary/aromatic N) is 1. The predicted molar refractivity (Wildman–Crippen MR) is 67.0 cm³/mol. The average molecular weight is 392 g/mol. The number of alkyl halides is 3. The summed E-state index contributed by atoms with van der Waals surface area (Å²) >= 11 is 9.57. The van der Waals surface area contributed by atoms with Gasteiger partial charge in [-0.15, -0.1) is 0 Å². The summed E-state index contributed by atoms with van der Waals surface area (Å²) in [6.45, 7) is -1.43. The van der Waals surface area contributed by atoms with Gasteiger partial charge in [0.1, 0.15) is 19.4 Å². The summed E-state index contributed by atoms with van der Waals surface area (Å²) in [6.07, 6.45) is -6.64. The highest BCUT2D eigenvalue weighted by atomic mass is 35.5. The lowest BCUT2D eigenvalue weighted by atomic mass is 10.5. The average Bonchev–Trinajstić information content (AvgIpc) is 2.45. The number of carbonyl (C=O) groups excluding carboxylic acids is 2. The smallest absolute Gasteiger partial charge is 0.462 e. The number of ether oxygens (including phenoxy) is 2. The van der Waals surface area contributed by atoms with Crippen LogP contribution in [0.2, 0.25) is 0 Å². The van der Waals surface area contributed by atoms with Gasteiger partial charge in [-0.1, -0.05) is 0 Å². The van der Waals surface area contributed by atoms with Crippen LogP contribution in [0.5, 0.6) is 0 Å². The van der Waals surface area contributed by atoms with E-state index in [0.29, 0.717) is 0 Å². The van der Waals surface area contributed by atoms with Crippen LogP contribution in [-0.4, -0.2) is 56.1 Å². The number of rotatable bonds is 9. The second kappa shape index (κ2) is 9.53. The maximum atomic E-state index is 12.4. The summed E-state index contributed by atoms with van der Waals surface area (Å²) in [4.78, 5) is 22.4. The minimum Gasteiger partial charge on any atom is -0.462 e. The standard InChI is InChI=1S/C8H11Cl2F3NO7P/c1-18-2-3-19-6(15)4-14(7(16)8(11,12)13)5-22(17,20-9)21-10/h2-5H2,1H3. The van der Waals surface area contributed by atoms with Crippen LogP contribution in [0, 0.1) is 0 Å². The number of methoxy groups -OCH3 is 1. The highest BCUT2D eigenvalue weighted by molar-refractivity contribution is 7.55. The molecule has 130 valence electrons. The quantitative estimate of drug-likeness (QED) is 0.337. The van der Waals surface area contributed by atoms with Gasteiger partial charge in [-0.05, 0) is 0 Å². The third kappa shape index (κ3) is 7.61. The van der Waals surface area contributed by atoms with Crippen molar-refractivity contribution in [1.29, 1.82) is 0 Å². The van der Waals surface area contributed by atoms with E-state index >= 15 is 0 Å². The number of carbonyl (C=O) groups is 2. The van der Waals surface area contributed by atoms with E-state index in [4.69, 9.17) is 23.7 Å². The third-order valence-electron chi connectivity index (χ3n) is 1.95. The highest BCUT2D eigenvalue weighted by Crippen LogP contribution is 2.51. The minimum atomic E-state index is -5.34. The summed E-state index contributed by atoms with van der Waals surface area (Å²) in [5.41, 5.74) is 0. The molecule has 22 heavy (non-hydrogen) atoms. The summed E-state index contributed by atoms with van der Waals surface area (Å²) in [5.74, 6) is -3.68. The number of hydrogen-bond donors (Lipinski definition) is 0. The molecule has 0 aliphatic carbocycles. The van der Waals surface area contributed by atoms with Crippen LogP contribution < -0.4 is 0 Å². The minimum absolute atomic E-state index is 0.00691. The molecule has 14 heteroatoms. The molecule has 0 aliphatic heterocycles. The van der Waals surface area contributed by atoms with Gasteiger partial charge in [-0.2, -0.15) is 21.3 Å². The molecule has 8 nitrogen and oxygen atoms in total. The van der Waals surface area contributed by atoms with Gasteiger partial charge in [0.25, 0.3) is 0 Å². The van der Waals surface area contributed by atoms with E-state index in [1.165, 1.54) is 7.11 Å². The Hall–Kier alpha value is -0.580. The van der Waals surface area contributed by atoms with Crippen molar-refractivity contribution in [2.24, 2.45) is 0 Å². The lowest BCUT2D eigenvalue weighted by Crippen LogP contribution is -2.44. The van der Waals surface area contributed by atoms with Crippen LogP contribution in [0.1, 0.15) is 0 Å². The first-order valence-corrected chi connectivity index (χ1v) is 7.64. The number of hydrogen-bond acceptors (Lipinski definition) is 7. The molecule has 0 aromatic heterocycles. The summed E-state index contributed by atoms with van der Waals surface area (Å²) in [7, 11) is -3.14. The molecule has 0 heterocycles. The van der Waals surface area contributed by atoms with Crippen LogP contribution in [0.15, 0.2) is 0 Å². The lowest BCUT2D eigenvalue weighted by molar-refractivity contribution is -0.186. The number of esters is 1. The van der Waals surface area contributed by atoms with E-state index in [-0.39, 0.29) is 18.1 Å². The van der Waals surface area contributed by atoms with Crippen molar-refractivity contribution < 1.29 is 45.0 Å². The molecule has 1 amide bonds. The van der Waals surface area contributed by atoms with Crippen molar-refractivity contribution in [3.8, 4) is 0 Å². The van der Waals surface area contributed by atoms with E-state index < -0.39 is 38.5 Å². The summed E-state index contributed by atoms with van der Waals surface area (Å²) in [5, 5.41) is 0. The van der Waals surface area contributed by atoms with Crippen LogP contribution in [0.25, 0.3) is 0 Å². The van der Waals surface area contributed by atoms with Gasteiger partial charge >= 0.3 is 25.6 Å². The number of amides is 1. The molecule has 0 atom stereocenters. The SMILES string of the molecule is COCCOC(=O)CN(CP(=O)(OCl)OCl)C(=O)C(F)(F)F. The third-order valence-corrected chi connectivity index (χ3v) is 4.32. The molecule has 0 spiro atoms. The van der Waals surface area contributed by atoms with Crippen LogP contribution in [-0.2, 0) is 31.8 Å². The maximum Gasteiger partial charge on any atom is 0.471 e. The Balaban J connectivity index is 4.99. The van der Waals surface area contributed by atoms with E-state index in [2.05, 4.69) is 17.6 Å². The van der Waals surface area contributed by atoms with Gasteiger partial charge in [0, 0.05) is 7.11 Å². The zero-order valence-electron chi connectivity index (χ0n) is 11.0. The second-order valence-electron chi connectivity index (χ2n) is 3.60. The van der Waals surface area contributed by atoms with Crippen LogP contribution in [0.4, 0.5) is 13.2 Å². The molecule has 0 bridgehead atoms. The molecule has 0 N–H and O–H groups in total. The van der Waals surface area contributed by atoms with Gasteiger partial charge in [0.05, 0.1) is 30.3 Å². The molecule has 0 unspecified atom stereocenters. The molecular weight excluding hydrogens is 381 g/mol. The Kier molecular flexibility index (Phi) is 9.28. The van der Waals surface area contributed by atoms with Gasteiger partial charge in [-0.3, -0.25) is 14.2 Å². The molecule has 0 saturated carbocycles. The van der Waals surface area contributed by atoms with Gasteiger partial charge < -0.3 is 14.4 Å². The molecule has 0 aliphatic rings. The van der Waals surface area contributed by atoms with Gasteiger partial charge in [0.2, 0.25) is 0 Å². The first kappa shape index (κ1) is 21.4. The van der Waals surface area contributed by atoms with E-state index in [0.717, 1.165) is 0 Å². The van der Waals surface area contributed by atoms with Crippen molar-refractivity contribution in [3.05, 3.63) is 0 Å². The first-order chi connectivity index (χ1) is 10.1. The van der Waals surface area contributed by atoms with E-state index in [1.807, 2.05) is 0 Å². The van der Waals surface area contributed by atoms with Crippen molar-refractivity contribution in [2.45, 2.75) is 6.18 Å². The molecule has 0 radical (unpaired) electrons. The highest BCUT2D eigenvalue weighted by Gasteiger charge is 2.46. The normalized spacial score (nSPS) is 12.1. The van der Waals surface area contributed by atoms with Crippen molar-refractivity contribution in [2.75, 3.05) is 33.2 Å². The van der Waals surface area contributed by atoms with E-state index in [1.54, 1.807) is 0 Å². The largest absolute Gasteiger partial charge is 0.471 e. The monoisotopic (exact) mass is 391 g/mol. The Labute approximate surface area is 133 Å². The van der Waals surface area contributed by atoms with Crippen molar-refractivity contribution in [1.82, 2.24) is 4.90 Å². The Morgan fingerprint density at radius 1 is 1.18 bits per heavy atom. The van der Waals surface area contributed by atoms with Crippen molar-refractivity contribution in [3.63, 3.8) is 0 Å². The molecule has 0 aromatic rings. The fourth-order valence-corrected chi connectivity index (χ4v) is 2.34. The van der Waals surface area contributed by atoms with Gasteiger partial charge in [0.15, 0.2) is 0 Å². The molecule has 0 fully saturated rings. The Morgan fingerprint density at radius 3 is 2.14 bits per heavy atom. The number of halogens is 5. The molecule has 0 rings (SSSR count). The Morgan fingerprint density at radius 2 is 1.73 bits per heavy atom. The molecule has 0 saturated heterocycles. The first-order valence-electron chi connectivity index (χ1n) is 5.30. The molecule has 0 aromatic carbocycles. The lowest BCUT2D eigenvalue weighted by Gasteiger charge is -2.24. The van der Waals surface area contributed by atoms with Gasteiger partial charge in [-0.25, -0.2) is 0 Å². The van der Waals surface area contributed by atoms with E-state index in [9.17, 15) is 27.3 Å². The Bertz CT molecular complexity index is 428. The summed E-state index contributed by atoms with van der Waals surface area (Å²) < 4.78 is 65.6. The fourth-order valence-electron chi connectivity index (χ4n) is 1.07. The predicted octanol–water partition coefficient (Wildman–Crippen LogP) is 2.06. The van der Waals surface area contributed by atoms with Crippen molar-refractivity contribution >= 4 is 43.2 Å². The van der Waals surface area contributed by atoms with Crippen LogP contribution in [0.3, 0.4) is 0 Å². The second-order valence-corrected chi connectivity index (χ2v) is 6.21. The molecular formula is C8H11Cl2F3NO7P. The maximum absolute atomic E-state index is 12.4. The zero-order valence-corrected chi connectivity index (χ0v) is 13.4. The summed E-state index contributed by atoms with van der Waals surface area (Å²) in [6, 6.07) is 0. The zero-order chi connectivity index (χ0) is 17.4. The van der Waals surface area contributed by atoms with Crippen LogP contribution >= 0.6 is 31.3 Å². The fraction of sp³-hybridized carbons (Fsp3) is 0.750.